The van der Waals surface area contributed by atoms with Crippen molar-refractivity contribution in [2.75, 3.05) is 0 Å². The minimum Gasteiger partial charge on any atom is -0.216 e. The third kappa shape index (κ3) is 2.52. The van der Waals surface area contributed by atoms with Crippen LogP contribution in [-0.4, -0.2) is 9.97 Å². The van der Waals surface area contributed by atoms with E-state index in [0.717, 1.165) is 12.0 Å². The normalized spacial score (nSPS) is 10.4. The molecule has 0 atom stereocenters. The average Bonchev–Trinajstić information content (AvgIpc) is 2.28. The van der Waals surface area contributed by atoms with Crippen LogP contribution in [0.4, 0.5) is 0 Å². The molecule has 2 aromatic rings. The van der Waals surface area contributed by atoms with Crippen LogP contribution >= 0.6 is 23.2 Å². The van der Waals surface area contributed by atoms with Gasteiger partial charge in [-0.2, -0.15) is 0 Å². The van der Waals surface area contributed by atoms with Crippen LogP contribution in [0.3, 0.4) is 0 Å². The molecule has 0 fully saturated rings. The minimum absolute atomic E-state index is 0.356. The fourth-order valence-corrected chi connectivity index (χ4v) is 1.83. The molecule has 0 saturated heterocycles. The van der Waals surface area contributed by atoms with Crippen molar-refractivity contribution in [3.8, 4) is 11.4 Å². The van der Waals surface area contributed by atoms with Crippen molar-refractivity contribution in [2.24, 2.45) is 0 Å². The molecule has 1 aromatic heterocycles. The molecular weight excluding hydrogens is 243 g/mol. The minimum atomic E-state index is 0.356. The van der Waals surface area contributed by atoms with Crippen LogP contribution in [0.1, 0.15) is 12.5 Å². The summed E-state index contributed by atoms with van der Waals surface area (Å²) in [5.74, 6) is 0.556. The van der Waals surface area contributed by atoms with E-state index in [4.69, 9.17) is 23.2 Å². The van der Waals surface area contributed by atoms with Gasteiger partial charge < -0.3 is 0 Å². The number of benzene rings is 1. The molecule has 0 aliphatic rings. The lowest BCUT2D eigenvalue weighted by Crippen LogP contribution is -1.90. The summed E-state index contributed by atoms with van der Waals surface area (Å²) in [6, 6.07) is 9.57. The van der Waals surface area contributed by atoms with Gasteiger partial charge in [0.1, 0.15) is 10.3 Å². The smallest absolute Gasteiger partial charge is 0.162 e. The summed E-state index contributed by atoms with van der Waals surface area (Å²) >= 11 is 11.6. The summed E-state index contributed by atoms with van der Waals surface area (Å²) in [6.45, 7) is 2.11. The Bertz CT molecular complexity index is 475. The largest absolute Gasteiger partial charge is 0.216 e. The Morgan fingerprint density at radius 1 is 1.00 bits per heavy atom. The molecule has 0 bridgehead atoms. The molecule has 16 heavy (non-hydrogen) atoms. The Balaban J connectivity index is 2.42. The summed E-state index contributed by atoms with van der Waals surface area (Å²) in [6.07, 6.45) is 1.01. The number of aromatic nitrogens is 2. The molecule has 0 amide bonds. The average molecular weight is 253 g/mol. The van der Waals surface area contributed by atoms with Gasteiger partial charge in [-0.15, -0.1) is 0 Å². The summed E-state index contributed by atoms with van der Waals surface area (Å²) in [5.41, 5.74) is 2.19. The van der Waals surface area contributed by atoms with Crippen LogP contribution in [0.2, 0.25) is 10.3 Å². The second kappa shape index (κ2) is 4.81. The lowest BCUT2D eigenvalue weighted by molar-refractivity contribution is 1.13. The van der Waals surface area contributed by atoms with E-state index in [1.54, 1.807) is 0 Å². The third-order valence-corrected chi connectivity index (χ3v) is 2.67. The maximum absolute atomic E-state index is 5.82. The first-order valence-electron chi connectivity index (χ1n) is 4.98. The van der Waals surface area contributed by atoms with Crippen molar-refractivity contribution in [1.29, 1.82) is 0 Å². The zero-order chi connectivity index (χ0) is 11.5. The molecule has 1 heterocycles. The van der Waals surface area contributed by atoms with Crippen LogP contribution < -0.4 is 0 Å². The number of aryl methyl sites for hydroxylation is 1. The van der Waals surface area contributed by atoms with E-state index in [0.29, 0.717) is 16.1 Å². The van der Waals surface area contributed by atoms with Crippen molar-refractivity contribution in [3.05, 3.63) is 46.2 Å². The molecule has 0 N–H and O–H groups in total. The lowest BCUT2D eigenvalue weighted by Gasteiger charge is -2.02. The Labute approximate surface area is 104 Å². The van der Waals surface area contributed by atoms with E-state index in [1.165, 1.54) is 11.6 Å². The Hall–Kier alpha value is -1.12. The zero-order valence-electron chi connectivity index (χ0n) is 8.74. The van der Waals surface area contributed by atoms with Gasteiger partial charge in [0.2, 0.25) is 0 Å². The zero-order valence-corrected chi connectivity index (χ0v) is 10.3. The monoisotopic (exact) mass is 252 g/mol. The van der Waals surface area contributed by atoms with Crippen LogP contribution in [0.5, 0.6) is 0 Å². The highest BCUT2D eigenvalue weighted by Gasteiger charge is 2.04. The Kier molecular flexibility index (Phi) is 3.42. The molecule has 82 valence electrons. The fraction of sp³-hybridized carbons (Fsp3) is 0.167. The van der Waals surface area contributed by atoms with E-state index in [9.17, 15) is 0 Å². The van der Waals surface area contributed by atoms with Gasteiger partial charge in [0, 0.05) is 11.6 Å². The van der Waals surface area contributed by atoms with Crippen LogP contribution in [0.25, 0.3) is 11.4 Å². The summed E-state index contributed by atoms with van der Waals surface area (Å²) < 4.78 is 0. The first-order valence-corrected chi connectivity index (χ1v) is 5.74. The van der Waals surface area contributed by atoms with E-state index < -0.39 is 0 Å². The van der Waals surface area contributed by atoms with Crippen LogP contribution in [0, 0.1) is 0 Å². The molecule has 4 heteroatoms. The van der Waals surface area contributed by atoms with Gasteiger partial charge in [0.25, 0.3) is 0 Å². The highest BCUT2D eigenvalue weighted by molar-refractivity contribution is 6.33. The maximum Gasteiger partial charge on any atom is 0.162 e. The molecular formula is C12H10Cl2N2. The summed E-state index contributed by atoms with van der Waals surface area (Å²) in [5, 5.41) is 0.712. The molecule has 0 unspecified atom stereocenters. The highest BCUT2D eigenvalue weighted by Crippen LogP contribution is 2.20. The molecule has 0 aliphatic carbocycles. The lowest BCUT2D eigenvalue weighted by atomic mass is 10.1. The number of hydrogen-bond donors (Lipinski definition) is 0. The van der Waals surface area contributed by atoms with Crippen LogP contribution in [0.15, 0.2) is 30.3 Å². The Morgan fingerprint density at radius 2 is 1.56 bits per heavy atom. The van der Waals surface area contributed by atoms with Crippen molar-refractivity contribution in [1.82, 2.24) is 9.97 Å². The SMILES string of the molecule is CCc1ccc(-c2nc(Cl)cc(Cl)n2)cc1. The van der Waals surface area contributed by atoms with Gasteiger partial charge in [0.05, 0.1) is 0 Å². The number of rotatable bonds is 2. The molecule has 0 radical (unpaired) electrons. The molecule has 0 spiro atoms. The van der Waals surface area contributed by atoms with Gasteiger partial charge in [-0.3, -0.25) is 0 Å². The molecule has 2 nitrogen and oxygen atoms in total. The molecule has 2 rings (SSSR count). The predicted octanol–water partition coefficient (Wildman–Crippen LogP) is 4.01. The summed E-state index contributed by atoms with van der Waals surface area (Å²) in [4.78, 5) is 8.26. The van der Waals surface area contributed by atoms with Crippen molar-refractivity contribution in [2.45, 2.75) is 13.3 Å². The van der Waals surface area contributed by atoms with E-state index in [2.05, 4.69) is 16.9 Å². The van der Waals surface area contributed by atoms with Gasteiger partial charge >= 0.3 is 0 Å². The van der Waals surface area contributed by atoms with Crippen molar-refractivity contribution in [3.63, 3.8) is 0 Å². The third-order valence-electron chi connectivity index (χ3n) is 2.28. The number of hydrogen-bond acceptors (Lipinski definition) is 2. The van der Waals surface area contributed by atoms with E-state index in [1.807, 2.05) is 24.3 Å². The van der Waals surface area contributed by atoms with Crippen LogP contribution in [-0.2, 0) is 6.42 Å². The number of nitrogens with zero attached hydrogens (tertiary/aromatic N) is 2. The van der Waals surface area contributed by atoms with Gasteiger partial charge in [-0.05, 0) is 12.0 Å². The summed E-state index contributed by atoms with van der Waals surface area (Å²) in [7, 11) is 0. The topological polar surface area (TPSA) is 25.8 Å². The van der Waals surface area contributed by atoms with Crippen molar-refractivity contribution < 1.29 is 0 Å². The van der Waals surface area contributed by atoms with Crippen molar-refractivity contribution >= 4 is 23.2 Å². The second-order valence-corrected chi connectivity index (χ2v) is 4.16. The standard InChI is InChI=1S/C12H10Cl2N2/c1-2-8-3-5-9(6-4-8)12-15-10(13)7-11(14)16-12/h3-7H,2H2,1H3. The van der Waals surface area contributed by atoms with Gasteiger partial charge in [0.15, 0.2) is 5.82 Å². The van der Waals surface area contributed by atoms with Gasteiger partial charge in [-0.25, -0.2) is 9.97 Å². The fourth-order valence-electron chi connectivity index (χ4n) is 1.41. The second-order valence-electron chi connectivity index (χ2n) is 3.39. The maximum atomic E-state index is 5.82. The van der Waals surface area contributed by atoms with E-state index >= 15 is 0 Å². The van der Waals surface area contributed by atoms with Gasteiger partial charge in [-0.1, -0.05) is 54.4 Å². The van der Waals surface area contributed by atoms with E-state index in [-0.39, 0.29) is 0 Å². The quantitative estimate of drug-likeness (QED) is 0.755. The molecule has 0 aliphatic heterocycles. The number of halogens is 2. The Morgan fingerprint density at radius 3 is 2.06 bits per heavy atom. The molecule has 0 saturated carbocycles. The highest BCUT2D eigenvalue weighted by atomic mass is 35.5. The first kappa shape index (κ1) is 11.4. The molecule has 1 aromatic carbocycles. The predicted molar refractivity (Wildman–Crippen MR) is 66.9 cm³/mol. The first-order chi connectivity index (χ1) is 7.69.